The number of aromatic nitrogens is 1. The molecule has 0 aliphatic rings. The van der Waals surface area contributed by atoms with Crippen molar-refractivity contribution in [2.24, 2.45) is 0 Å². The van der Waals surface area contributed by atoms with E-state index in [0.29, 0.717) is 10.9 Å². The Morgan fingerprint density at radius 1 is 1.38 bits per heavy atom. The smallest absolute Gasteiger partial charge is 0.336 e. The van der Waals surface area contributed by atoms with E-state index in [4.69, 9.17) is 10.2 Å². The number of hydrogen-bond acceptors (Lipinski definition) is 2. The molecule has 0 unspecified atom stereocenters. The molecule has 2 rings (SSSR count). The van der Waals surface area contributed by atoms with Gasteiger partial charge in [-0.25, -0.2) is 4.79 Å². The topological polar surface area (TPSA) is 73.3 Å². The van der Waals surface area contributed by atoms with E-state index in [0.717, 1.165) is 0 Å². The highest BCUT2D eigenvalue weighted by Gasteiger charge is 2.09. The highest BCUT2D eigenvalue weighted by atomic mass is 16.4. The summed E-state index contributed by atoms with van der Waals surface area (Å²) in [7, 11) is 0. The molecule has 66 valence electrons. The summed E-state index contributed by atoms with van der Waals surface area (Å²) in [6, 6.07) is 6.24. The van der Waals surface area contributed by atoms with Crippen molar-refractivity contribution in [1.29, 1.82) is 0 Å². The van der Waals surface area contributed by atoms with Gasteiger partial charge in [0, 0.05) is 17.0 Å². The van der Waals surface area contributed by atoms with E-state index in [9.17, 15) is 4.79 Å². The van der Waals surface area contributed by atoms with E-state index in [1.165, 1.54) is 12.1 Å². The zero-order valence-corrected chi connectivity index (χ0v) is 6.61. The highest BCUT2D eigenvalue weighted by Crippen LogP contribution is 2.22. The van der Waals surface area contributed by atoms with E-state index >= 15 is 0 Å². The molecule has 3 N–H and O–H groups in total. The first-order chi connectivity index (χ1) is 6.18. The van der Waals surface area contributed by atoms with Crippen LogP contribution in [0.5, 0.6) is 5.88 Å². The molecule has 0 saturated heterocycles. The average molecular weight is 177 g/mol. The second kappa shape index (κ2) is 2.52. The predicted octanol–water partition coefficient (Wildman–Crippen LogP) is 1.57. The van der Waals surface area contributed by atoms with Crippen molar-refractivity contribution in [2.45, 2.75) is 0 Å². The molecule has 0 fully saturated rings. The fourth-order valence-electron chi connectivity index (χ4n) is 1.33. The van der Waals surface area contributed by atoms with Gasteiger partial charge in [0.25, 0.3) is 0 Å². The molecule has 1 aromatic carbocycles. The minimum absolute atomic E-state index is 0.0244. The van der Waals surface area contributed by atoms with Crippen LogP contribution in [0.3, 0.4) is 0 Å². The number of aromatic hydroxyl groups is 1. The lowest BCUT2D eigenvalue weighted by Gasteiger charge is -1.94. The van der Waals surface area contributed by atoms with Crippen LogP contribution < -0.4 is 0 Å². The molecule has 0 amide bonds. The lowest BCUT2D eigenvalue weighted by Crippen LogP contribution is -1.95. The van der Waals surface area contributed by atoms with E-state index in [-0.39, 0.29) is 11.4 Å². The van der Waals surface area contributed by atoms with Gasteiger partial charge >= 0.3 is 5.97 Å². The van der Waals surface area contributed by atoms with E-state index in [2.05, 4.69) is 4.98 Å². The molecule has 1 heterocycles. The fraction of sp³-hybridized carbons (Fsp3) is 0. The molecule has 13 heavy (non-hydrogen) atoms. The zero-order chi connectivity index (χ0) is 9.42. The number of aromatic amines is 1. The first-order valence-corrected chi connectivity index (χ1v) is 3.72. The van der Waals surface area contributed by atoms with Crippen LogP contribution in [0.15, 0.2) is 24.3 Å². The van der Waals surface area contributed by atoms with Gasteiger partial charge < -0.3 is 15.2 Å². The number of hydrogen-bond donors (Lipinski definition) is 3. The maximum atomic E-state index is 10.7. The molecule has 4 heteroatoms. The number of fused-ring (bicyclic) bond motifs is 1. The van der Waals surface area contributed by atoms with Crippen LogP contribution in [-0.2, 0) is 0 Å². The van der Waals surface area contributed by atoms with Crippen LogP contribution in [-0.4, -0.2) is 21.2 Å². The average Bonchev–Trinajstić information content (AvgIpc) is 2.43. The van der Waals surface area contributed by atoms with Gasteiger partial charge in [0.15, 0.2) is 5.88 Å². The van der Waals surface area contributed by atoms with Crippen molar-refractivity contribution >= 4 is 16.9 Å². The summed E-state index contributed by atoms with van der Waals surface area (Å²) in [5.74, 6) is -1.02. The maximum absolute atomic E-state index is 10.7. The predicted molar refractivity (Wildman–Crippen MR) is 46.9 cm³/mol. The number of rotatable bonds is 1. The van der Waals surface area contributed by atoms with Gasteiger partial charge in [-0.2, -0.15) is 0 Å². The molecule has 0 aliphatic heterocycles. The van der Waals surface area contributed by atoms with Crippen molar-refractivity contribution < 1.29 is 15.0 Å². The Kier molecular flexibility index (Phi) is 1.48. The van der Waals surface area contributed by atoms with Gasteiger partial charge in [-0.15, -0.1) is 0 Å². The third kappa shape index (κ3) is 1.12. The lowest BCUT2D eigenvalue weighted by molar-refractivity contribution is 0.0699. The van der Waals surface area contributed by atoms with Gasteiger partial charge in [0.1, 0.15) is 0 Å². The Labute approximate surface area is 73.4 Å². The van der Waals surface area contributed by atoms with E-state index in [1.807, 2.05) is 0 Å². The lowest BCUT2D eigenvalue weighted by atomic mass is 10.1. The first kappa shape index (κ1) is 7.67. The molecule has 2 aromatic rings. The summed E-state index contributed by atoms with van der Waals surface area (Å²) < 4.78 is 0. The van der Waals surface area contributed by atoms with Crippen molar-refractivity contribution in [2.75, 3.05) is 0 Å². The molecule has 4 nitrogen and oxygen atoms in total. The summed E-state index contributed by atoms with van der Waals surface area (Å²) in [4.78, 5) is 13.4. The number of carbonyl (C=O) groups is 1. The summed E-state index contributed by atoms with van der Waals surface area (Å²) in [5, 5.41) is 18.4. The normalized spacial score (nSPS) is 10.5. The Hall–Kier alpha value is -1.97. The van der Waals surface area contributed by atoms with Crippen LogP contribution in [0.2, 0.25) is 0 Å². The van der Waals surface area contributed by atoms with Crippen LogP contribution in [0.4, 0.5) is 0 Å². The molecular weight excluding hydrogens is 170 g/mol. The number of aromatic carboxylic acids is 1. The Morgan fingerprint density at radius 2 is 2.15 bits per heavy atom. The molecule has 0 spiro atoms. The van der Waals surface area contributed by atoms with Gasteiger partial charge in [0.2, 0.25) is 0 Å². The summed E-state index contributed by atoms with van der Waals surface area (Å²) in [6.45, 7) is 0. The summed E-state index contributed by atoms with van der Waals surface area (Å²) in [6.07, 6.45) is 0. The van der Waals surface area contributed by atoms with Gasteiger partial charge in [-0.3, -0.25) is 0 Å². The quantitative estimate of drug-likeness (QED) is 0.619. The van der Waals surface area contributed by atoms with E-state index in [1.54, 1.807) is 12.1 Å². The Balaban J connectivity index is 2.82. The number of benzene rings is 1. The molecule has 0 aliphatic carbocycles. The minimum atomic E-state index is -0.996. The number of carboxylic acid groups (broad SMARTS) is 1. The third-order valence-corrected chi connectivity index (χ3v) is 1.88. The minimum Gasteiger partial charge on any atom is -0.495 e. The van der Waals surface area contributed by atoms with Crippen LogP contribution in [0, 0.1) is 0 Å². The molecule has 1 aromatic heterocycles. The monoisotopic (exact) mass is 177 g/mol. The summed E-state index contributed by atoms with van der Waals surface area (Å²) >= 11 is 0. The summed E-state index contributed by atoms with van der Waals surface area (Å²) in [5.41, 5.74) is 0.812. The Morgan fingerprint density at radius 3 is 2.85 bits per heavy atom. The second-order valence-electron chi connectivity index (χ2n) is 2.73. The number of H-pyrrole nitrogens is 1. The largest absolute Gasteiger partial charge is 0.495 e. The maximum Gasteiger partial charge on any atom is 0.336 e. The van der Waals surface area contributed by atoms with Crippen LogP contribution in [0.1, 0.15) is 10.4 Å². The van der Waals surface area contributed by atoms with Crippen molar-refractivity contribution in [3.63, 3.8) is 0 Å². The molecule has 0 bridgehead atoms. The highest BCUT2D eigenvalue weighted by molar-refractivity contribution is 6.03. The van der Waals surface area contributed by atoms with Gasteiger partial charge in [-0.1, -0.05) is 6.07 Å². The second-order valence-corrected chi connectivity index (χ2v) is 2.73. The third-order valence-electron chi connectivity index (χ3n) is 1.88. The SMILES string of the molecule is O=C(O)c1cccc2[nH]c(O)cc12. The standard InChI is InChI=1S/C9H7NO3/c11-8-4-6-5(9(12)13)2-1-3-7(6)10-8/h1-4,10-11H,(H,12,13). The molecule has 0 radical (unpaired) electrons. The van der Waals surface area contributed by atoms with Crippen LogP contribution in [0.25, 0.3) is 10.9 Å². The Bertz CT molecular complexity index is 473. The first-order valence-electron chi connectivity index (χ1n) is 3.72. The van der Waals surface area contributed by atoms with Crippen molar-refractivity contribution in [1.82, 2.24) is 4.98 Å². The van der Waals surface area contributed by atoms with Gasteiger partial charge in [-0.05, 0) is 12.1 Å². The van der Waals surface area contributed by atoms with Crippen molar-refractivity contribution in [3.05, 3.63) is 29.8 Å². The number of carboxylic acids is 1. The fourth-order valence-corrected chi connectivity index (χ4v) is 1.33. The van der Waals surface area contributed by atoms with E-state index < -0.39 is 5.97 Å². The van der Waals surface area contributed by atoms with Gasteiger partial charge in [0.05, 0.1) is 5.56 Å². The molecule has 0 atom stereocenters. The molecule has 0 saturated carbocycles. The van der Waals surface area contributed by atoms with Crippen molar-refractivity contribution in [3.8, 4) is 5.88 Å². The zero-order valence-electron chi connectivity index (χ0n) is 6.61. The number of nitrogens with one attached hydrogen (secondary N) is 1. The van der Waals surface area contributed by atoms with Crippen LogP contribution >= 0.6 is 0 Å². The molecular formula is C9H7NO3.